The quantitative estimate of drug-likeness (QED) is 0.597. The number of nitrogens with zero attached hydrogens (tertiary/aromatic N) is 3. The van der Waals surface area contributed by atoms with E-state index in [1.165, 1.54) is 5.56 Å². The van der Waals surface area contributed by atoms with Crippen molar-refractivity contribution >= 4 is 21.4 Å². The molecule has 1 aliphatic rings. The first-order chi connectivity index (χ1) is 14.1. The van der Waals surface area contributed by atoms with Crippen LogP contribution in [0.15, 0.2) is 59.5 Å². The monoisotopic (exact) mass is 429 g/mol. The first kappa shape index (κ1) is 20.0. The highest BCUT2D eigenvalue weighted by Gasteiger charge is 2.32. The second-order valence-electron chi connectivity index (χ2n) is 7.07. The Hall–Kier alpha value is -2.29. The molecule has 0 saturated carbocycles. The van der Waals surface area contributed by atoms with Crippen molar-refractivity contribution in [2.45, 2.75) is 30.1 Å². The number of ether oxygens (including phenoxy) is 1. The van der Waals surface area contributed by atoms with E-state index in [0.29, 0.717) is 23.7 Å². The van der Waals surface area contributed by atoms with Crippen LogP contribution in [0.3, 0.4) is 0 Å². The van der Waals surface area contributed by atoms with Crippen LogP contribution in [-0.4, -0.2) is 43.1 Å². The molecule has 1 fully saturated rings. The standard InChI is InChI=1S/C21H23N3O3S2/c1-27-18-9-11-19(12-10-18)29(25,26)24-13-5-8-17(15-24)21-23-22-20(28-21)14-16-6-3-2-4-7-16/h2-4,6-7,9-12,17H,5,8,13-15H2,1H3/t17-/m1/s1. The summed E-state index contributed by atoms with van der Waals surface area (Å²) in [5.74, 6) is 0.721. The summed E-state index contributed by atoms with van der Waals surface area (Å²) in [6.45, 7) is 0.967. The summed E-state index contributed by atoms with van der Waals surface area (Å²) in [6, 6.07) is 16.7. The molecule has 0 bridgehead atoms. The number of sulfonamides is 1. The van der Waals surface area contributed by atoms with Gasteiger partial charge in [0, 0.05) is 25.4 Å². The third-order valence-electron chi connectivity index (χ3n) is 5.11. The zero-order valence-electron chi connectivity index (χ0n) is 16.2. The van der Waals surface area contributed by atoms with Crippen LogP contribution in [0.1, 0.15) is 34.3 Å². The number of methoxy groups -OCH3 is 1. The molecule has 8 heteroatoms. The molecule has 1 aromatic heterocycles. The SMILES string of the molecule is COc1ccc(S(=O)(=O)N2CCC[C@@H](c3nnc(Cc4ccccc4)s3)C2)cc1. The van der Waals surface area contributed by atoms with E-state index >= 15 is 0 Å². The molecular formula is C21H23N3O3S2. The fourth-order valence-electron chi connectivity index (χ4n) is 3.53. The highest BCUT2D eigenvalue weighted by atomic mass is 32.2. The number of benzene rings is 2. The van der Waals surface area contributed by atoms with Gasteiger partial charge in [-0.1, -0.05) is 30.3 Å². The van der Waals surface area contributed by atoms with Crippen LogP contribution in [0, 0.1) is 0 Å². The third-order valence-corrected chi connectivity index (χ3v) is 8.08. The van der Waals surface area contributed by atoms with Gasteiger partial charge in [-0.15, -0.1) is 21.5 Å². The van der Waals surface area contributed by atoms with Crippen molar-refractivity contribution in [1.82, 2.24) is 14.5 Å². The summed E-state index contributed by atoms with van der Waals surface area (Å²) in [7, 11) is -1.97. The molecule has 0 aliphatic carbocycles. The van der Waals surface area contributed by atoms with Crippen LogP contribution < -0.4 is 4.74 Å². The lowest BCUT2D eigenvalue weighted by Crippen LogP contribution is -2.39. The number of hydrogen-bond acceptors (Lipinski definition) is 6. The molecule has 0 N–H and O–H groups in total. The fraction of sp³-hybridized carbons (Fsp3) is 0.333. The van der Waals surface area contributed by atoms with Gasteiger partial charge in [-0.2, -0.15) is 4.31 Å². The maximum absolute atomic E-state index is 13.1. The van der Waals surface area contributed by atoms with E-state index in [1.807, 2.05) is 18.2 Å². The lowest BCUT2D eigenvalue weighted by molar-refractivity contribution is 0.314. The van der Waals surface area contributed by atoms with E-state index in [9.17, 15) is 8.42 Å². The number of rotatable bonds is 6. The van der Waals surface area contributed by atoms with Crippen molar-refractivity contribution in [2.75, 3.05) is 20.2 Å². The van der Waals surface area contributed by atoms with Crippen molar-refractivity contribution in [2.24, 2.45) is 0 Å². The second kappa shape index (κ2) is 8.61. The first-order valence-electron chi connectivity index (χ1n) is 9.56. The zero-order valence-corrected chi connectivity index (χ0v) is 17.8. The highest BCUT2D eigenvalue weighted by molar-refractivity contribution is 7.89. The van der Waals surface area contributed by atoms with Crippen molar-refractivity contribution < 1.29 is 13.2 Å². The van der Waals surface area contributed by atoms with Gasteiger partial charge in [-0.25, -0.2) is 8.42 Å². The van der Waals surface area contributed by atoms with Crippen LogP contribution in [0.25, 0.3) is 0 Å². The van der Waals surface area contributed by atoms with Crippen LogP contribution >= 0.6 is 11.3 Å². The van der Waals surface area contributed by atoms with Gasteiger partial charge in [0.1, 0.15) is 15.8 Å². The minimum Gasteiger partial charge on any atom is -0.497 e. The Morgan fingerprint density at radius 3 is 2.59 bits per heavy atom. The summed E-state index contributed by atoms with van der Waals surface area (Å²) >= 11 is 1.59. The number of piperidine rings is 1. The van der Waals surface area contributed by atoms with Gasteiger partial charge in [0.25, 0.3) is 0 Å². The van der Waals surface area contributed by atoms with E-state index in [0.717, 1.165) is 29.3 Å². The average Bonchev–Trinajstić information content (AvgIpc) is 3.23. The molecule has 1 atom stereocenters. The first-order valence-corrected chi connectivity index (χ1v) is 11.8. The average molecular weight is 430 g/mol. The van der Waals surface area contributed by atoms with Crippen molar-refractivity contribution in [1.29, 1.82) is 0 Å². The summed E-state index contributed by atoms with van der Waals surface area (Å²) < 4.78 is 32.8. The summed E-state index contributed by atoms with van der Waals surface area (Å²) in [6.07, 6.45) is 2.49. The maximum atomic E-state index is 13.1. The highest BCUT2D eigenvalue weighted by Crippen LogP contribution is 2.32. The predicted octanol–water partition coefficient (Wildman–Crippen LogP) is 3.71. The molecule has 0 radical (unpaired) electrons. The smallest absolute Gasteiger partial charge is 0.243 e. The molecule has 2 heterocycles. The number of aromatic nitrogens is 2. The van der Waals surface area contributed by atoms with Gasteiger partial charge in [0.15, 0.2) is 0 Å². The lowest BCUT2D eigenvalue weighted by atomic mass is 10.0. The molecule has 0 spiro atoms. The van der Waals surface area contributed by atoms with E-state index in [2.05, 4.69) is 22.3 Å². The van der Waals surface area contributed by atoms with E-state index in [1.54, 1.807) is 47.0 Å². The number of hydrogen-bond donors (Lipinski definition) is 0. The van der Waals surface area contributed by atoms with Crippen molar-refractivity contribution in [3.8, 4) is 5.75 Å². The topological polar surface area (TPSA) is 72.4 Å². The zero-order chi connectivity index (χ0) is 20.3. The van der Waals surface area contributed by atoms with Crippen molar-refractivity contribution in [3.63, 3.8) is 0 Å². The van der Waals surface area contributed by atoms with Gasteiger partial charge >= 0.3 is 0 Å². The summed E-state index contributed by atoms with van der Waals surface area (Å²) in [4.78, 5) is 0.293. The van der Waals surface area contributed by atoms with Gasteiger partial charge in [-0.3, -0.25) is 0 Å². The molecule has 3 aromatic rings. The van der Waals surface area contributed by atoms with Crippen LogP contribution in [0.4, 0.5) is 0 Å². The lowest BCUT2D eigenvalue weighted by Gasteiger charge is -2.30. The molecule has 152 valence electrons. The van der Waals surface area contributed by atoms with Gasteiger partial charge in [0.2, 0.25) is 10.0 Å². The molecule has 29 heavy (non-hydrogen) atoms. The van der Waals surface area contributed by atoms with E-state index in [-0.39, 0.29) is 5.92 Å². The molecule has 0 unspecified atom stereocenters. The largest absolute Gasteiger partial charge is 0.497 e. The Balaban J connectivity index is 1.48. The Bertz CT molecular complexity index is 1050. The van der Waals surface area contributed by atoms with Crippen LogP contribution in [0.5, 0.6) is 5.75 Å². The van der Waals surface area contributed by atoms with Gasteiger partial charge in [-0.05, 0) is 42.7 Å². The Kier molecular flexibility index (Phi) is 5.94. The minimum atomic E-state index is -3.54. The Morgan fingerprint density at radius 1 is 1.10 bits per heavy atom. The molecule has 0 amide bonds. The fourth-order valence-corrected chi connectivity index (χ4v) is 6.06. The Morgan fingerprint density at radius 2 is 1.86 bits per heavy atom. The van der Waals surface area contributed by atoms with Crippen LogP contribution in [-0.2, 0) is 16.4 Å². The van der Waals surface area contributed by atoms with Crippen molar-refractivity contribution in [3.05, 3.63) is 70.2 Å². The van der Waals surface area contributed by atoms with Crippen LogP contribution in [0.2, 0.25) is 0 Å². The Labute approximate surface area is 175 Å². The van der Waals surface area contributed by atoms with E-state index in [4.69, 9.17) is 4.74 Å². The maximum Gasteiger partial charge on any atom is 0.243 e. The summed E-state index contributed by atoms with van der Waals surface area (Å²) in [5, 5.41) is 10.6. The normalized spacial score (nSPS) is 17.9. The molecule has 6 nitrogen and oxygen atoms in total. The van der Waals surface area contributed by atoms with Gasteiger partial charge in [0.05, 0.1) is 12.0 Å². The molecule has 2 aromatic carbocycles. The molecular weight excluding hydrogens is 406 g/mol. The third kappa shape index (κ3) is 4.49. The molecule has 1 aliphatic heterocycles. The molecule has 1 saturated heterocycles. The minimum absolute atomic E-state index is 0.0822. The predicted molar refractivity (Wildman–Crippen MR) is 113 cm³/mol. The summed E-state index contributed by atoms with van der Waals surface area (Å²) in [5.41, 5.74) is 1.20. The van der Waals surface area contributed by atoms with E-state index < -0.39 is 10.0 Å². The van der Waals surface area contributed by atoms with Gasteiger partial charge < -0.3 is 4.74 Å². The molecule has 4 rings (SSSR count). The second-order valence-corrected chi connectivity index (χ2v) is 10.1.